The fraction of sp³-hybridized carbons (Fsp3) is 0.316. The normalized spacial score (nSPS) is 11.8. The molecule has 2 rings (SSSR count). The van der Waals surface area contributed by atoms with Gasteiger partial charge in [0.15, 0.2) is 0 Å². The van der Waals surface area contributed by atoms with E-state index < -0.39 is 0 Å². The number of hydrogen-bond acceptors (Lipinski definition) is 3. The van der Waals surface area contributed by atoms with E-state index in [-0.39, 0.29) is 25.0 Å². The van der Waals surface area contributed by atoms with Crippen LogP contribution in [0.2, 0.25) is 0 Å². The van der Waals surface area contributed by atoms with E-state index in [1.54, 1.807) is 24.3 Å². The Bertz CT molecular complexity index is 620. The number of rotatable bonds is 7. The van der Waals surface area contributed by atoms with Crippen molar-refractivity contribution < 1.29 is 14.6 Å². The molecule has 0 spiro atoms. The summed E-state index contributed by atoms with van der Waals surface area (Å²) in [6.45, 7) is 4.25. The molecule has 0 aromatic heterocycles. The molecule has 0 aliphatic heterocycles. The summed E-state index contributed by atoms with van der Waals surface area (Å²) < 4.78 is 5.29. The Morgan fingerprint density at radius 3 is 2.35 bits per heavy atom. The molecule has 4 heteroatoms. The van der Waals surface area contributed by atoms with Crippen molar-refractivity contribution in [2.24, 2.45) is 0 Å². The third-order valence-electron chi connectivity index (χ3n) is 3.76. The minimum absolute atomic E-state index is 0.0210. The molecule has 2 aromatic carbocycles. The Morgan fingerprint density at radius 2 is 1.78 bits per heavy atom. The van der Waals surface area contributed by atoms with Crippen LogP contribution in [0.4, 0.5) is 5.69 Å². The first-order valence-corrected chi connectivity index (χ1v) is 7.87. The van der Waals surface area contributed by atoms with Gasteiger partial charge in [-0.15, -0.1) is 0 Å². The van der Waals surface area contributed by atoms with Crippen molar-refractivity contribution in [3.05, 3.63) is 59.7 Å². The van der Waals surface area contributed by atoms with Crippen molar-refractivity contribution in [3.63, 3.8) is 0 Å². The lowest BCUT2D eigenvalue weighted by Crippen LogP contribution is -2.18. The molecule has 0 radical (unpaired) electrons. The second-order valence-electron chi connectivity index (χ2n) is 5.40. The minimum Gasteiger partial charge on any atom is -0.491 e. The number of benzene rings is 2. The molecule has 0 saturated carbocycles. The second-order valence-corrected chi connectivity index (χ2v) is 5.40. The second kappa shape index (κ2) is 8.34. The predicted octanol–water partition coefficient (Wildman–Crippen LogP) is 3.36. The molecule has 1 unspecified atom stereocenters. The van der Waals surface area contributed by atoms with E-state index in [9.17, 15) is 4.79 Å². The zero-order valence-electron chi connectivity index (χ0n) is 13.6. The Kier molecular flexibility index (Phi) is 6.18. The number of anilines is 1. The number of ether oxygens (including phenoxy) is 1. The van der Waals surface area contributed by atoms with Crippen LogP contribution in [0, 0.1) is 0 Å². The van der Waals surface area contributed by atoms with Gasteiger partial charge in [0.05, 0.1) is 12.5 Å². The van der Waals surface area contributed by atoms with Crippen molar-refractivity contribution in [2.75, 3.05) is 18.5 Å². The molecule has 1 amide bonds. The molecule has 0 bridgehead atoms. The van der Waals surface area contributed by atoms with E-state index in [0.29, 0.717) is 5.75 Å². The van der Waals surface area contributed by atoms with Crippen LogP contribution in [0.3, 0.4) is 0 Å². The highest BCUT2D eigenvalue weighted by Crippen LogP contribution is 2.20. The molecule has 0 aliphatic carbocycles. The van der Waals surface area contributed by atoms with E-state index in [0.717, 1.165) is 17.7 Å². The van der Waals surface area contributed by atoms with E-state index in [1.165, 1.54) is 5.56 Å². The van der Waals surface area contributed by atoms with Crippen LogP contribution in [-0.2, 0) is 11.2 Å². The van der Waals surface area contributed by atoms with Crippen LogP contribution in [0.15, 0.2) is 48.5 Å². The first kappa shape index (κ1) is 17.0. The molecule has 0 aliphatic rings. The van der Waals surface area contributed by atoms with Gasteiger partial charge in [-0.2, -0.15) is 0 Å². The number of aryl methyl sites for hydroxylation is 1. The van der Waals surface area contributed by atoms with Gasteiger partial charge in [0.25, 0.3) is 0 Å². The van der Waals surface area contributed by atoms with Crippen molar-refractivity contribution in [2.45, 2.75) is 26.2 Å². The van der Waals surface area contributed by atoms with E-state index >= 15 is 0 Å². The smallest absolute Gasteiger partial charge is 0.231 e. The molecular weight excluding hydrogens is 290 g/mol. The van der Waals surface area contributed by atoms with Gasteiger partial charge in [-0.3, -0.25) is 4.79 Å². The topological polar surface area (TPSA) is 58.6 Å². The third-order valence-corrected chi connectivity index (χ3v) is 3.76. The van der Waals surface area contributed by atoms with E-state index in [4.69, 9.17) is 9.84 Å². The fourth-order valence-electron chi connectivity index (χ4n) is 2.24. The summed E-state index contributed by atoms with van der Waals surface area (Å²) >= 11 is 0. The summed E-state index contributed by atoms with van der Waals surface area (Å²) in [6.07, 6.45) is 0.992. The maximum atomic E-state index is 12.3. The van der Waals surface area contributed by atoms with Crippen LogP contribution < -0.4 is 10.1 Å². The van der Waals surface area contributed by atoms with Crippen LogP contribution in [0.1, 0.15) is 30.9 Å². The molecule has 1 atom stereocenters. The van der Waals surface area contributed by atoms with Crippen molar-refractivity contribution in [1.82, 2.24) is 0 Å². The number of nitrogens with one attached hydrogen (secondary N) is 1. The Morgan fingerprint density at radius 1 is 1.13 bits per heavy atom. The van der Waals surface area contributed by atoms with Gasteiger partial charge >= 0.3 is 0 Å². The summed E-state index contributed by atoms with van der Waals surface area (Å²) in [5.74, 6) is 0.407. The Hall–Kier alpha value is -2.33. The van der Waals surface area contributed by atoms with Crippen LogP contribution in [0.25, 0.3) is 0 Å². The van der Waals surface area contributed by atoms with Gasteiger partial charge in [0.2, 0.25) is 5.91 Å². The van der Waals surface area contributed by atoms with Gasteiger partial charge in [0.1, 0.15) is 12.4 Å². The first-order chi connectivity index (χ1) is 11.1. The number of amides is 1. The van der Waals surface area contributed by atoms with Crippen LogP contribution in [0.5, 0.6) is 5.75 Å². The van der Waals surface area contributed by atoms with Gasteiger partial charge in [-0.05, 0) is 48.7 Å². The average Bonchev–Trinajstić information content (AvgIpc) is 2.60. The SMILES string of the molecule is CCc1ccc(C(C)C(=O)Nc2ccc(OCCO)cc2)cc1. The van der Waals surface area contributed by atoms with E-state index in [1.807, 2.05) is 19.1 Å². The number of hydrogen-bond donors (Lipinski definition) is 2. The lowest BCUT2D eigenvalue weighted by molar-refractivity contribution is -0.117. The summed E-state index contributed by atoms with van der Waals surface area (Å²) in [6, 6.07) is 15.3. The average molecular weight is 313 g/mol. The highest BCUT2D eigenvalue weighted by atomic mass is 16.5. The molecule has 122 valence electrons. The quantitative estimate of drug-likeness (QED) is 0.824. The zero-order chi connectivity index (χ0) is 16.7. The van der Waals surface area contributed by atoms with Crippen molar-refractivity contribution in [1.29, 1.82) is 0 Å². The summed E-state index contributed by atoms with van der Waals surface area (Å²) in [5.41, 5.74) is 2.99. The minimum atomic E-state index is -0.216. The largest absolute Gasteiger partial charge is 0.491 e. The third kappa shape index (κ3) is 4.83. The standard InChI is InChI=1S/C19H23NO3/c1-3-15-4-6-16(7-5-15)14(2)19(22)20-17-8-10-18(11-9-17)23-13-12-21/h4-11,14,21H,3,12-13H2,1-2H3,(H,20,22). The summed E-state index contributed by atoms with van der Waals surface area (Å²) in [7, 11) is 0. The number of carbonyl (C=O) groups excluding carboxylic acids is 1. The van der Waals surface area contributed by atoms with Crippen molar-refractivity contribution >= 4 is 11.6 Å². The number of carbonyl (C=O) groups is 1. The molecule has 2 N–H and O–H groups in total. The fourth-order valence-corrected chi connectivity index (χ4v) is 2.24. The molecular formula is C19H23NO3. The number of aliphatic hydroxyl groups excluding tert-OH is 1. The molecule has 23 heavy (non-hydrogen) atoms. The highest BCUT2D eigenvalue weighted by Gasteiger charge is 2.15. The molecule has 4 nitrogen and oxygen atoms in total. The molecule has 0 fully saturated rings. The maximum absolute atomic E-state index is 12.3. The monoisotopic (exact) mass is 313 g/mol. The summed E-state index contributed by atoms with van der Waals surface area (Å²) in [4.78, 5) is 12.3. The lowest BCUT2D eigenvalue weighted by atomic mass is 9.98. The molecule has 0 heterocycles. The molecule has 0 saturated heterocycles. The van der Waals surface area contributed by atoms with Gasteiger partial charge in [-0.25, -0.2) is 0 Å². The predicted molar refractivity (Wildman–Crippen MR) is 91.9 cm³/mol. The summed E-state index contributed by atoms with van der Waals surface area (Å²) in [5, 5.41) is 11.6. The van der Waals surface area contributed by atoms with Crippen LogP contribution in [-0.4, -0.2) is 24.2 Å². The van der Waals surface area contributed by atoms with Crippen molar-refractivity contribution in [3.8, 4) is 5.75 Å². The Labute approximate surface area is 137 Å². The number of aliphatic hydroxyl groups is 1. The van der Waals surface area contributed by atoms with E-state index in [2.05, 4.69) is 24.4 Å². The lowest BCUT2D eigenvalue weighted by Gasteiger charge is -2.13. The zero-order valence-corrected chi connectivity index (χ0v) is 13.6. The van der Waals surface area contributed by atoms with Gasteiger partial charge in [-0.1, -0.05) is 31.2 Å². The Balaban J connectivity index is 1.97. The molecule has 2 aromatic rings. The van der Waals surface area contributed by atoms with Gasteiger partial charge in [0, 0.05) is 5.69 Å². The van der Waals surface area contributed by atoms with Gasteiger partial charge < -0.3 is 15.2 Å². The van der Waals surface area contributed by atoms with Crippen LogP contribution >= 0.6 is 0 Å². The highest BCUT2D eigenvalue weighted by molar-refractivity contribution is 5.95. The maximum Gasteiger partial charge on any atom is 0.231 e. The first-order valence-electron chi connectivity index (χ1n) is 7.87.